The molecule has 16 heavy (non-hydrogen) atoms. The molecular weight excluding hydrogens is 265 g/mol. The molecule has 0 bridgehead atoms. The van der Waals surface area contributed by atoms with Crippen LogP contribution >= 0.6 is 34.5 Å². The summed E-state index contributed by atoms with van der Waals surface area (Å²) < 4.78 is 0. The van der Waals surface area contributed by atoms with Crippen molar-refractivity contribution in [3.63, 3.8) is 0 Å². The molecule has 0 saturated heterocycles. The molecule has 3 N–H and O–H groups in total. The van der Waals surface area contributed by atoms with Gasteiger partial charge in [-0.2, -0.15) is 0 Å². The Morgan fingerprint density at radius 2 is 2.19 bits per heavy atom. The first-order valence-corrected chi connectivity index (χ1v) is 6.17. The average molecular weight is 274 g/mol. The highest BCUT2D eigenvalue weighted by molar-refractivity contribution is 7.13. The molecule has 0 amide bonds. The number of nitrogens with one attached hydrogen (secondary N) is 1. The minimum absolute atomic E-state index is 0.569. The summed E-state index contributed by atoms with van der Waals surface area (Å²) in [6, 6.07) is 5.31. The first-order chi connectivity index (χ1) is 7.65. The molecule has 0 aliphatic heterocycles. The van der Waals surface area contributed by atoms with Crippen LogP contribution in [0.5, 0.6) is 0 Å². The van der Waals surface area contributed by atoms with Crippen molar-refractivity contribution in [1.29, 1.82) is 0 Å². The van der Waals surface area contributed by atoms with Gasteiger partial charge in [0.1, 0.15) is 0 Å². The van der Waals surface area contributed by atoms with Crippen molar-refractivity contribution in [3.8, 4) is 0 Å². The van der Waals surface area contributed by atoms with E-state index in [1.807, 2.05) is 11.4 Å². The molecule has 3 nitrogen and oxygen atoms in total. The Labute approximate surface area is 107 Å². The van der Waals surface area contributed by atoms with Gasteiger partial charge in [0.25, 0.3) is 0 Å². The number of hydrogen-bond acceptors (Lipinski definition) is 4. The van der Waals surface area contributed by atoms with E-state index in [9.17, 15) is 0 Å². The van der Waals surface area contributed by atoms with Crippen LogP contribution in [0.15, 0.2) is 23.6 Å². The third kappa shape index (κ3) is 2.78. The molecule has 0 radical (unpaired) electrons. The summed E-state index contributed by atoms with van der Waals surface area (Å²) in [7, 11) is 0. The number of rotatable bonds is 3. The zero-order valence-corrected chi connectivity index (χ0v) is 10.5. The SMILES string of the molecule is Nc1nc(CNc2ccc(Cl)cc2Cl)cs1. The van der Waals surface area contributed by atoms with Gasteiger partial charge >= 0.3 is 0 Å². The molecule has 0 aliphatic rings. The van der Waals surface area contributed by atoms with E-state index < -0.39 is 0 Å². The molecule has 0 unspecified atom stereocenters. The number of aromatic nitrogens is 1. The summed E-state index contributed by atoms with van der Waals surface area (Å²) in [5.74, 6) is 0. The van der Waals surface area contributed by atoms with Crippen molar-refractivity contribution in [1.82, 2.24) is 4.98 Å². The summed E-state index contributed by atoms with van der Waals surface area (Å²) in [5.41, 5.74) is 7.26. The highest BCUT2D eigenvalue weighted by atomic mass is 35.5. The van der Waals surface area contributed by atoms with Gasteiger partial charge in [-0.15, -0.1) is 11.3 Å². The van der Waals surface area contributed by atoms with Gasteiger partial charge in [0.05, 0.1) is 22.9 Å². The van der Waals surface area contributed by atoms with E-state index in [2.05, 4.69) is 10.3 Å². The van der Waals surface area contributed by atoms with Gasteiger partial charge in [0, 0.05) is 10.4 Å². The Morgan fingerprint density at radius 1 is 1.38 bits per heavy atom. The zero-order chi connectivity index (χ0) is 11.5. The summed E-state index contributed by atoms with van der Waals surface area (Å²) in [5, 5.41) is 6.86. The smallest absolute Gasteiger partial charge is 0.180 e. The van der Waals surface area contributed by atoms with Crippen LogP contribution in [-0.4, -0.2) is 4.98 Å². The lowest BCUT2D eigenvalue weighted by atomic mass is 10.3. The molecule has 1 heterocycles. The first-order valence-electron chi connectivity index (χ1n) is 4.54. The molecule has 0 spiro atoms. The lowest BCUT2D eigenvalue weighted by molar-refractivity contribution is 1.08. The van der Waals surface area contributed by atoms with E-state index in [-0.39, 0.29) is 0 Å². The van der Waals surface area contributed by atoms with Crippen molar-refractivity contribution in [2.45, 2.75) is 6.54 Å². The highest BCUT2D eigenvalue weighted by Crippen LogP contribution is 2.25. The average Bonchev–Trinajstić information content (AvgIpc) is 2.63. The molecule has 0 atom stereocenters. The third-order valence-electron chi connectivity index (χ3n) is 1.96. The van der Waals surface area contributed by atoms with Crippen molar-refractivity contribution in [3.05, 3.63) is 39.3 Å². The van der Waals surface area contributed by atoms with Gasteiger partial charge in [0.15, 0.2) is 5.13 Å². The summed E-state index contributed by atoms with van der Waals surface area (Å²) >= 11 is 13.2. The number of nitrogens with two attached hydrogens (primary N) is 1. The van der Waals surface area contributed by atoms with Gasteiger partial charge in [-0.1, -0.05) is 23.2 Å². The van der Waals surface area contributed by atoms with Crippen molar-refractivity contribution < 1.29 is 0 Å². The van der Waals surface area contributed by atoms with Crippen LogP contribution in [-0.2, 0) is 6.54 Å². The summed E-state index contributed by atoms with van der Waals surface area (Å²) in [6.45, 7) is 0.592. The topological polar surface area (TPSA) is 50.9 Å². The second kappa shape index (κ2) is 4.91. The van der Waals surface area contributed by atoms with Gasteiger partial charge < -0.3 is 11.1 Å². The Hall–Kier alpha value is -0.970. The Morgan fingerprint density at radius 3 is 2.81 bits per heavy atom. The van der Waals surface area contributed by atoms with Gasteiger partial charge in [0.2, 0.25) is 0 Å². The molecule has 1 aromatic heterocycles. The van der Waals surface area contributed by atoms with E-state index in [1.54, 1.807) is 12.1 Å². The fourth-order valence-electron chi connectivity index (χ4n) is 1.22. The number of thiazole rings is 1. The van der Waals surface area contributed by atoms with E-state index in [1.165, 1.54) is 11.3 Å². The Bertz CT molecular complexity index is 499. The molecule has 0 saturated carbocycles. The van der Waals surface area contributed by atoms with E-state index >= 15 is 0 Å². The Balaban J connectivity index is 2.04. The largest absolute Gasteiger partial charge is 0.378 e. The molecule has 84 valence electrons. The molecule has 2 rings (SSSR count). The van der Waals surface area contributed by atoms with Gasteiger partial charge in [-0.25, -0.2) is 4.98 Å². The lowest BCUT2D eigenvalue weighted by Crippen LogP contribution is -2.00. The molecular formula is C10H9Cl2N3S. The standard InChI is InChI=1S/C10H9Cl2N3S/c11-6-1-2-9(8(12)3-6)14-4-7-5-16-10(13)15-7/h1-3,5,14H,4H2,(H2,13,15). The number of anilines is 2. The van der Waals surface area contributed by atoms with Crippen LogP contribution in [0.1, 0.15) is 5.69 Å². The highest BCUT2D eigenvalue weighted by Gasteiger charge is 2.02. The van der Waals surface area contributed by atoms with Crippen molar-refractivity contribution >= 4 is 45.4 Å². The lowest BCUT2D eigenvalue weighted by Gasteiger charge is -2.06. The van der Waals surface area contributed by atoms with Crippen LogP contribution in [0.25, 0.3) is 0 Å². The van der Waals surface area contributed by atoms with E-state index in [0.29, 0.717) is 21.7 Å². The number of hydrogen-bond donors (Lipinski definition) is 2. The molecule has 1 aromatic carbocycles. The maximum absolute atomic E-state index is 6.01. The monoisotopic (exact) mass is 273 g/mol. The minimum Gasteiger partial charge on any atom is -0.378 e. The van der Waals surface area contributed by atoms with Gasteiger partial charge in [-0.05, 0) is 18.2 Å². The van der Waals surface area contributed by atoms with Crippen molar-refractivity contribution in [2.24, 2.45) is 0 Å². The predicted molar refractivity (Wildman–Crippen MR) is 70.3 cm³/mol. The quantitative estimate of drug-likeness (QED) is 0.898. The molecule has 2 aromatic rings. The fraction of sp³-hybridized carbons (Fsp3) is 0.100. The molecule has 0 fully saturated rings. The van der Waals surface area contributed by atoms with Crippen LogP contribution < -0.4 is 11.1 Å². The maximum atomic E-state index is 6.01. The normalized spacial score (nSPS) is 10.4. The van der Waals surface area contributed by atoms with E-state index in [4.69, 9.17) is 28.9 Å². The van der Waals surface area contributed by atoms with Crippen molar-refractivity contribution in [2.75, 3.05) is 11.1 Å². The summed E-state index contributed by atoms with van der Waals surface area (Å²) in [4.78, 5) is 4.14. The predicted octanol–water partition coefficient (Wildman–Crippen LogP) is 3.64. The van der Waals surface area contributed by atoms with E-state index in [0.717, 1.165) is 11.4 Å². The number of halogens is 2. The zero-order valence-electron chi connectivity index (χ0n) is 8.21. The van der Waals surface area contributed by atoms with Gasteiger partial charge in [-0.3, -0.25) is 0 Å². The summed E-state index contributed by atoms with van der Waals surface area (Å²) in [6.07, 6.45) is 0. The second-order valence-electron chi connectivity index (χ2n) is 3.15. The second-order valence-corrected chi connectivity index (χ2v) is 4.89. The third-order valence-corrected chi connectivity index (χ3v) is 3.23. The number of benzene rings is 1. The van der Waals surface area contributed by atoms with Crippen LogP contribution in [0.4, 0.5) is 10.8 Å². The van der Waals surface area contributed by atoms with Crippen LogP contribution in [0, 0.1) is 0 Å². The first kappa shape index (κ1) is 11.5. The van der Waals surface area contributed by atoms with Crippen LogP contribution in [0.3, 0.4) is 0 Å². The number of nitrogen functional groups attached to an aromatic ring is 1. The fourth-order valence-corrected chi connectivity index (χ4v) is 2.26. The minimum atomic E-state index is 0.569. The maximum Gasteiger partial charge on any atom is 0.180 e. The number of nitrogens with zero attached hydrogens (tertiary/aromatic N) is 1. The molecule has 6 heteroatoms. The Kier molecular flexibility index (Phi) is 3.53. The molecule has 0 aliphatic carbocycles. The van der Waals surface area contributed by atoms with Crippen LogP contribution in [0.2, 0.25) is 10.0 Å².